The van der Waals surface area contributed by atoms with Crippen LogP contribution in [-0.2, 0) is 0 Å². The van der Waals surface area contributed by atoms with Gasteiger partial charge in [0.2, 0.25) is 0 Å². The zero-order chi connectivity index (χ0) is 13.8. The number of anilines is 3. The third-order valence-electron chi connectivity index (χ3n) is 2.61. The van der Waals surface area contributed by atoms with E-state index >= 15 is 0 Å². The molecule has 5 heteroatoms. The summed E-state index contributed by atoms with van der Waals surface area (Å²) in [5.74, 6) is 0.413. The highest BCUT2D eigenvalue weighted by Crippen LogP contribution is 2.27. The number of halogens is 1. The van der Waals surface area contributed by atoms with Crippen LogP contribution in [0.4, 0.5) is 21.5 Å². The van der Waals surface area contributed by atoms with Crippen molar-refractivity contribution in [1.82, 2.24) is 0 Å². The van der Waals surface area contributed by atoms with E-state index < -0.39 is 5.82 Å². The zero-order valence-corrected chi connectivity index (χ0v) is 10.7. The number of rotatable bonds is 4. The number of benzene rings is 2. The molecule has 19 heavy (non-hydrogen) atoms. The second-order valence-corrected chi connectivity index (χ2v) is 3.97. The minimum Gasteiger partial charge on any atom is -0.497 e. The molecule has 0 spiro atoms. The molecule has 2 rings (SSSR count). The van der Waals surface area contributed by atoms with Crippen LogP contribution in [0.2, 0.25) is 0 Å². The molecule has 3 N–H and O–H groups in total. The topological polar surface area (TPSA) is 56.5 Å². The van der Waals surface area contributed by atoms with Crippen molar-refractivity contribution in [1.29, 1.82) is 0 Å². The van der Waals surface area contributed by atoms with Crippen LogP contribution in [0.25, 0.3) is 0 Å². The lowest BCUT2D eigenvalue weighted by Crippen LogP contribution is -1.96. The van der Waals surface area contributed by atoms with Crippen LogP contribution in [0.3, 0.4) is 0 Å². The first-order valence-electron chi connectivity index (χ1n) is 5.67. The van der Waals surface area contributed by atoms with Crippen molar-refractivity contribution >= 4 is 17.1 Å². The van der Waals surface area contributed by atoms with E-state index in [2.05, 4.69) is 5.32 Å². The Balaban J connectivity index is 2.25. The molecule has 4 nitrogen and oxygen atoms in total. The zero-order valence-electron chi connectivity index (χ0n) is 10.7. The molecule has 0 heterocycles. The van der Waals surface area contributed by atoms with E-state index in [1.54, 1.807) is 37.4 Å². The van der Waals surface area contributed by atoms with Gasteiger partial charge in [-0.05, 0) is 18.2 Å². The normalized spacial score (nSPS) is 10.1. The van der Waals surface area contributed by atoms with Gasteiger partial charge in [-0.1, -0.05) is 0 Å². The Labute approximate surface area is 111 Å². The van der Waals surface area contributed by atoms with Gasteiger partial charge in [-0.15, -0.1) is 0 Å². The minimum atomic E-state index is -0.427. The van der Waals surface area contributed by atoms with E-state index in [-0.39, 0.29) is 5.75 Å². The summed E-state index contributed by atoms with van der Waals surface area (Å²) in [5.41, 5.74) is 7.64. The molecule has 0 saturated heterocycles. The number of hydrogen-bond acceptors (Lipinski definition) is 4. The molecule has 2 aromatic rings. The third-order valence-corrected chi connectivity index (χ3v) is 2.61. The van der Waals surface area contributed by atoms with Gasteiger partial charge in [-0.2, -0.15) is 0 Å². The molecule has 0 bridgehead atoms. The van der Waals surface area contributed by atoms with E-state index in [0.717, 1.165) is 5.69 Å². The third kappa shape index (κ3) is 3.07. The minimum absolute atomic E-state index is 0.204. The summed E-state index contributed by atoms with van der Waals surface area (Å²) in [6.45, 7) is 0. The molecule has 2 aromatic carbocycles. The first kappa shape index (κ1) is 13.0. The monoisotopic (exact) mass is 262 g/mol. The fraction of sp³-hybridized carbons (Fsp3) is 0.143. The molecule has 0 unspecified atom stereocenters. The Morgan fingerprint density at radius 2 is 1.79 bits per heavy atom. The van der Waals surface area contributed by atoms with Crippen LogP contribution in [0.5, 0.6) is 11.5 Å². The summed E-state index contributed by atoms with van der Waals surface area (Å²) in [6.07, 6.45) is 0. The molecule has 0 fully saturated rings. The predicted molar refractivity (Wildman–Crippen MR) is 73.6 cm³/mol. The number of methoxy groups -OCH3 is 2. The van der Waals surface area contributed by atoms with Crippen LogP contribution in [-0.4, -0.2) is 14.2 Å². The largest absolute Gasteiger partial charge is 0.497 e. The van der Waals surface area contributed by atoms with Crippen molar-refractivity contribution in [2.24, 2.45) is 0 Å². The fourth-order valence-corrected chi connectivity index (χ4v) is 1.72. The quantitative estimate of drug-likeness (QED) is 0.831. The summed E-state index contributed by atoms with van der Waals surface area (Å²) >= 11 is 0. The SMILES string of the molecule is COc1cc(N)cc(Nc2ccc(OC)c(F)c2)c1. The molecule has 0 aromatic heterocycles. The van der Waals surface area contributed by atoms with Crippen molar-refractivity contribution in [3.8, 4) is 11.5 Å². The van der Waals surface area contributed by atoms with Crippen molar-refractivity contribution in [3.63, 3.8) is 0 Å². The van der Waals surface area contributed by atoms with E-state index in [1.165, 1.54) is 13.2 Å². The van der Waals surface area contributed by atoms with Crippen LogP contribution in [0, 0.1) is 5.82 Å². The van der Waals surface area contributed by atoms with Gasteiger partial charge in [0.1, 0.15) is 5.75 Å². The Kier molecular flexibility index (Phi) is 3.75. The second-order valence-electron chi connectivity index (χ2n) is 3.97. The number of nitrogens with two attached hydrogens (primary N) is 1. The highest BCUT2D eigenvalue weighted by Gasteiger charge is 2.05. The smallest absolute Gasteiger partial charge is 0.167 e. The van der Waals surface area contributed by atoms with E-state index in [0.29, 0.717) is 17.1 Å². The Hall–Kier alpha value is -2.43. The summed E-state index contributed by atoms with van der Waals surface area (Å²) in [7, 11) is 2.99. The lowest BCUT2D eigenvalue weighted by Gasteiger charge is -2.10. The van der Waals surface area contributed by atoms with E-state index in [1.807, 2.05) is 0 Å². The van der Waals surface area contributed by atoms with Crippen molar-refractivity contribution < 1.29 is 13.9 Å². The predicted octanol–water partition coefficient (Wildman–Crippen LogP) is 3.17. The summed E-state index contributed by atoms with van der Waals surface area (Å²) in [6, 6.07) is 9.86. The first-order valence-corrected chi connectivity index (χ1v) is 5.67. The van der Waals surface area contributed by atoms with Crippen molar-refractivity contribution in [2.75, 3.05) is 25.3 Å². The molecular weight excluding hydrogens is 247 g/mol. The molecule has 0 amide bonds. The molecule has 100 valence electrons. The Morgan fingerprint density at radius 3 is 2.42 bits per heavy atom. The van der Waals surface area contributed by atoms with Gasteiger partial charge < -0.3 is 20.5 Å². The molecule has 0 atom stereocenters. The average Bonchev–Trinajstić information content (AvgIpc) is 2.38. The highest BCUT2D eigenvalue weighted by atomic mass is 19.1. The van der Waals surface area contributed by atoms with Gasteiger partial charge in [-0.25, -0.2) is 4.39 Å². The van der Waals surface area contributed by atoms with Crippen LogP contribution < -0.4 is 20.5 Å². The Morgan fingerprint density at radius 1 is 1.00 bits per heavy atom. The van der Waals surface area contributed by atoms with Gasteiger partial charge in [-0.3, -0.25) is 0 Å². The first-order chi connectivity index (χ1) is 9.12. The average molecular weight is 262 g/mol. The standard InChI is InChI=1S/C14H15FN2O2/c1-18-12-6-9(16)5-11(7-12)17-10-3-4-14(19-2)13(15)8-10/h3-8,17H,16H2,1-2H3. The number of nitrogen functional groups attached to an aromatic ring is 1. The van der Waals surface area contributed by atoms with Gasteiger partial charge in [0, 0.05) is 35.3 Å². The number of hydrogen-bond donors (Lipinski definition) is 2. The molecule has 0 aliphatic heterocycles. The lowest BCUT2D eigenvalue weighted by molar-refractivity contribution is 0.386. The fourth-order valence-electron chi connectivity index (χ4n) is 1.72. The van der Waals surface area contributed by atoms with Crippen LogP contribution in [0.15, 0.2) is 36.4 Å². The molecule has 0 saturated carbocycles. The Bertz CT molecular complexity index is 588. The van der Waals surface area contributed by atoms with Crippen LogP contribution in [0.1, 0.15) is 0 Å². The van der Waals surface area contributed by atoms with E-state index in [4.69, 9.17) is 15.2 Å². The van der Waals surface area contributed by atoms with Gasteiger partial charge in [0.15, 0.2) is 11.6 Å². The maximum absolute atomic E-state index is 13.6. The van der Waals surface area contributed by atoms with Crippen molar-refractivity contribution in [3.05, 3.63) is 42.2 Å². The number of nitrogens with one attached hydrogen (secondary N) is 1. The number of ether oxygens (including phenoxy) is 2. The maximum atomic E-state index is 13.6. The van der Waals surface area contributed by atoms with E-state index in [9.17, 15) is 4.39 Å². The van der Waals surface area contributed by atoms with Gasteiger partial charge in [0.25, 0.3) is 0 Å². The second kappa shape index (κ2) is 5.48. The van der Waals surface area contributed by atoms with Crippen LogP contribution >= 0.6 is 0 Å². The molecule has 0 aliphatic carbocycles. The summed E-state index contributed by atoms with van der Waals surface area (Å²) in [5, 5.41) is 3.06. The summed E-state index contributed by atoms with van der Waals surface area (Å²) < 4.78 is 23.5. The molecular formula is C14H15FN2O2. The molecule has 0 aliphatic rings. The summed E-state index contributed by atoms with van der Waals surface area (Å²) in [4.78, 5) is 0. The molecule has 0 radical (unpaired) electrons. The highest BCUT2D eigenvalue weighted by molar-refractivity contribution is 5.66. The lowest BCUT2D eigenvalue weighted by atomic mass is 10.2. The van der Waals surface area contributed by atoms with Gasteiger partial charge >= 0.3 is 0 Å². The maximum Gasteiger partial charge on any atom is 0.167 e. The van der Waals surface area contributed by atoms with Gasteiger partial charge in [0.05, 0.1) is 14.2 Å². The van der Waals surface area contributed by atoms with Crippen molar-refractivity contribution in [2.45, 2.75) is 0 Å².